The fraction of sp³-hybridized carbons (Fsp3) is 0.474. The third kappa shape index (κ3) is 3.75. The molecule has 1 aliphatic rings. The van der Waals surface area contributed by atoms with E-state index < -0.39 is 5.54 Å². The lowest BCUT2D eigenvalue weighted by Crippen LogP contribution is -2.55. The van der Waals surface area contributed by atoms with Gasteiger partial charge in [0.05, 0.1) is 6.04 Å². The van der Waals surface area contributed by atoms with Crippen LogP contribution in [0.3, 0.4) is 0 Å². The van der Waals surface area contributed by atoms with Crippen LogP contribution in [0.15, 0.2) is 48.8 Å². The maximum absolute atomic E-state index is 13.2. The Balaban J connectivity index is 1.75. The van der Waals surface area contributed by atoms with Crippen LogP contribution >= 0.6 is 0 Å². The zero-order valence-electron chi connectivity index (χ0n) is 15.0. The average molecular weight is 341 g/mol. The molecule has 1 aliphatic heterocycles. The van der Waals surface area contributed by atoms with Gasteiger partial charge < -0.3 is 15.5 Å². The third-order valence-corrected chi connectivity index (χ3v) is 5.06. The van der Waals surface area contributed by atoms with Crippen LogP contribution in [0.4, 0.5) is 0 Å². The van der Waals surface area contributed by atoms with Gasteiger partial charge in [0.15, 0.2) is 0 Å². The van der Waals surface area contributed by atoms with E-state index in [-0.39, 0.29) is 11.9 Å². The minimum atomic E-state index is -0.595. The molecular weight excluding hydrogens is 314 g/mol. The molecule has 0 saturated carbocycles. The standard InChI is InChI=1S/C19H27N5O/c1-23(2)17(16-7-4-3-5-8-16)15-21-18(25)19(9-12-20-13-10-19)24-14-6-11-22-24/h3-8,11,14,17,20H,9-10,12-13,15H2,1-2H3,(H,21,25). The molecule has 6 nitrogen and oxygen atoms in total. The number of hydrogen-bond acceptors (Lipinski definition) is 4. The van der Waals surface area contributed by atoms with Crippen LogP contribution in [0.2, 0.25) is 0 Å². The molecule has 134 valence electrons. The first kappa shape index (κ1) is 17.6. The van der Waals surface area contributed by atoms with Crippen LogP contribution in [0.1, 0.15) is 24.4 Å². The summed E-state index contributed by atoms with van der Waals surface area (Å²) in [7, 11) is 4.08. The fourth-order valence-electron chi connectivity index (χ4n) is 3.55. The molecule has 1 aromatic carbocycles. The molecule has 1 atom stereocenters. The van der Waals surface area contributed by atoms with Gasteiger partial charge in [0.1, 0.15) is 5.54 Å². The third-order valence-electron chi connectivity index (χ3n) is 5.06. The van der Waals surface area contributed by atoms with E-state index in [1.807, 2.05) is 49.2 Å². The highest BCUT2D eigenvalue weighted by atomic mass is 16.2. The summed E-state index contributed by atoms with van der Waals surface area (Å²) in [4.78, 5) is 15.3. The van der Waals surface area contributed by atoms with Crippen LogP contribution < -0.4 is 10.6 Å². The maximum Gasteiger partial charge on any atom is 0.248 e. The number of piperidine rings is 1. The molecule has 1 fully saturated rings. The van der Waals surface area contributed by atoms with E-state index in [9.17, 15) is 4.79 Å². The largest absolute Gasteiger partial charge is 0.352 e. The second-order valence-corrected chi connectivity index (χ2v) is 6.83. The molecule has 0 bridgehead atoms. The Bertz CT molecular complexity index is 662. The molecule has 3 rings (SSSR count). The van der Waals surface area contributed by atoms with Crippen LogP contribution in [-0.2, 0) is 10.3 Å². The summed E-state index contributed by atoms with van der Waals surface area (Å²) in [5, 5.41) is 10.9. The summed E-state index contributed by atoms with van der Waals surface area (Å²) in [6.07, 6.45) is 5.13. The summed E-state index contributed by atoms with van der Waals surface area (Å²) in [5.74, 6) is 0.0560. The summed E-state index contributed by atoms with van der Waals surface area (Å²) >= 11 is 0. The van der Waals surface area contributed by atoms with Gasteiger partial charge in [-0.25, -0.2) is 0 Å². The number of aromatic nitrogens is 2. The second-order valence-electron chi connectivity index (χ2n) is 6.83. The van der Waals surface area contributed by atoms with Crippen LogP contribution in [0, 0.1) is 0 Å². The van der Waals surface area contributed by atoms with Crippen molar-refractivity contribution in [3.05, 3.63) is 54.4 Å². The lowest BCUT2D eigenvalue weighted by Gasteiger charge is -2.37. The normalized spacial score (nSPS) is 18.0. The zero-order valence-corrected chi connectivity index (χ0v) is 15.0. The summed E-state index contributed by atoms with van der Waals surface area (Å²) < 4.78 is 1.83. The van der Waals surface area contributed by atoms with E-state index in [0.29, 0.717) is 6.54 Å². The van der Waals surface area contributed by atoms with Gasteiger partial charge in [0.25, 0.3) is 0 Å². The molecular formula is C19H27N5O. The lowest BCUT2D eigenvalue weighted by molar-refractivity contribution is -0.132. The van der Waals surface area contributed by atoms with Crippen molar-refractivity contribution in [2.75, 3.05) is 33.7 Å². The van der Waals surface area contributed by atoms with Gasteiger partial charge >= 0.3 is 0 Å². The number of amides is 1. The van der Waals surface area contributed by atoms with Crippen LogP contribution in [-0.4, -0.2) is 54.3 Å². The molecule has 0 aliphatic carbocycles. The highest BCUT2D eigenvalue weighted by Crippen LogP contribution is 2.27. The maximum atomic E-state index is 13.2. The minimum Gasteiger partial charge on any atom is -0.352 e. The van der Waals surface area contributed by atoms with Crippen molar-refractivity contribution in [1.29, 1.82) is 0 Å². The van der Waals surface area contributed by atoms with Crippen molar-refractivity contribution in [3.8, 4) is 0 Å². The van der Waals surface area contributed by atoms with Gasteiger partial charge in [-0.1, -0.05) is 30.3 Å². The molecule has 2 heterocycles. The zero-order chi connectivity index (χ0) is 17.7. The topological polar surface area (TPSA) is 62.2 Å². The van der Waals surface area contributed by atoms with Gasteiger partial charge in [-0.3, -0.25) is 9.48 Å². The number of nitrogens with one attached hydrogen (secondary N) is 2. The second kappa shape index (κ2) is 7.80. The number of rotatable bonds is 6. The summed E-state index contributed by atoms with van der Waals surface area (Å²) in [6.45, 7) is 2.22. The van der Waals surface area contributed by atoms with Gasteiger partial charge in [0.2, 0.25) is 5.91 Å². The Morgan fingerprint density at radius 3 is 2.60 bits per heavy atom. The molecule has 0 spiro atoms. The first-order valence-electron chi connectivity index (χ1n) is 8.84. The number of carbonyl (C=O) groups excluding carboxylic acids is 1. The smallest absolute Gasteiger partial charge is 0.248 e. The van der Waals surface area contributed by atoms with Crippen molar-refractivity contribution in [2.45, 2.75) is 24.4 Å². The van der Waals surface area contributed by atoms with E-state index in [2.05, 4.69) is 32.8 Å². The first-order valence-corrected chi connectivity index (χ1v) is 8.84. The molecule has 1 saturated heterocycles. The quantitative estimate of drug-likeness (QED) is 0.833. The van der Waals surface area contributed by atoms with Crippen molar-refractivity contribution >= 4 is 5.91 Å². The Hall–Kier alpha value is -2.18. The van der Waals surface area contributed by atoms with E-state index in [4.69, 9.17) is 0 Å². The Morgan fingerprint density at radius 2 is 2.00 bits per heavy atom. The van der Waals surface area contributed by atoms with Crippen molar-refractivity contribution in [1.82, 2.24) is 25.3 Å². The summed E-state index contributed by atoms with van der Waals surface area (Å²) in [5.41, 5.74) is 0.605. The van der Waals surface area contributed by atoms with E-state index >= 15 is 0 Å². The molecule has 1 amide bonds. The molecule has 25 heavy (non-hydrogen) atoms. The predicted molar refractivity (Wildman–Crippen MR) is 98.2 cm³/mol. The molecule has 0 radical (unpaired) electrons. The Labute approximate surface area is 149 Å². The lowest BCUT2D eigenvalue weighted by atomic mass is 9.87. The molecule has 1 unspecified atom stereocenters. The first-order chi connectivity index (χ1) is 12.1. The van der Waals surface area contributed by atoms with Crippen molar-refractivity contribution in [3.63, 3.8) is 0 Å². The highest BCUT2D eigenvalue weighted by molar-refractivity contribution is 5.84. The number of nitrogens with zero attached hydrogens (tertiary/aromatic N) is 3. The number of benzene rings is 1. The van der Waals surface area contributed by atoms with Gasteiger partial charge in [0, 0.05) is 18.9 Å². The highest BCUT2D eigenvalue weighted by Gasteiger charge is 2.42. The summed E-state index contributed by atoms with van der Waals surface area (Å²) in [6, 6.07) is 12.3. The average Bonchev–Trinajstić information content (AvgIpc) is 3.18. The Kier molecular flexibility index (Phi) is 5.50. The number of carbonyl (C=O) groups is 1. The predicted octanol–water partition coefficient (Wildman–Crippen LogP) is 1.38. The van der Waals surface area contributed by atoms with Crippen molar-refractivity contribution < 1.29 is 4.79 Å². The minimum absolute atomic E-state index is 0.0560. The van der Waals surface area contributed by atoms with E-state index in [0.717, 1.165) is 25.9 Å². The van der Waals surface area contributed by atoms with Crippen LogP contribution in [0.5, 0.6) is 0 Å². The SMILES string of the molecule is CN(C)C(CNC(=O)C1(n2cccn2)CCNCC1)c1ccccc1. The van der Waals surface area contributed by atoms with Crippen molar-refractivity contribution in [2.24, 2.45) is 0 Å². The van der Waals surface area contributed by atoms with Gasteiger partial charge in [-0.2, -0.15) is 5.10 Å². The van der Waals surface area contributed by atoms with Gasteiger partial charge in [-0.15, -0.1) is 0 Å². The number of hydrogen-bond donors (Lipinski definition) is 2. The van der Waals surface area contributed by atoms with Crippen LogP contribution in [0.25, 0.3) is 0 Å². The number of likely N-dealkylation sites (N-methyl/N-ethyl adjacent to an activating group) is 1. The van der Waals surface area contributed by atoms with E-state index in [1.54, 1.807) is 6.20 Å². The molecule has 2 aromatic rings. The molecule has 1 aromatic heterocycles. The van der Waals surface area contributed by atoms with Gasteiger partial charge in [-0.05, 0) is 51.7 Å². The Morgan fingerprint density at radius 1 is 1.28 bits per heavy atom. The molecule has 2 N–H and O–H groups in total. The fourth-order valence-corrected chi connectivity index (χ4v) is 3.55. The monoisotopic (exact) mass is 341 g/mol. The van der Waals surface area contributed by atoms with E-state index in [1.165, 1.54) is 5.56 Å². The molecule has 6 heteroatoms.